The molecule has 1 aliphatic carbocycles. The molecule has 5 rings (SSSR count). The Balaban J connectivity index is 1.51. The van der Waals surface area contributed by atoms with Crippen LogP contribution in [0, 0.1) is 0 Å². The maximum absolute atomic E-state index is 12.9. The summed E-state index contributed by atoms with van der Waals surface area (Å²) in [6.45, 7) is 1.28. The average molecular weight is 460 g/mol. The zero-order valence-electron chi connectivity index (χ0n) is 18.9. The second-order valence-corrected chi connectivity index (χ2v) is 9.24. The first-order valence-electron chi connectivity index (χ1n) is 11.4. The Bertz CT molecular complexity index is 1170. The number of likely N-dealkylation sites (N-methyl/N-ethyl adjacent to an activating group) is 1. The molecule has 174 valence electrons. The molecule has 2 aromatic carbocycles. The Kier molecular flexibility index (Phi) is 5.63. The molecule has 3 atom stereocenters. The Morgan fingerprint density at radius 3 is 2.47 bits per heavy atom. The Morgan fingerprint density at radius 1 is 1.18 bits per heavy atom. The van der Waals surface area contributed by atoms with Gasteiger partial charge in [0.05, 0.1) is 13.6 Å². The lowest BCUT2D eigenvalue weighted by Gasteiger charge is -2.43. The quantitative estimate of drug-likeness (QED) is 0.416. The van der Waals surface area contributed by atoms with Gasteiger partial charge in [-0.05, 0) is 34.4 Å². The summed E-state index contributed by atoms with van der Waals surface area (Å²) in [5, 5.41) is 22.9. The molecule has 1 fully saturated rings. The minimum atomic E-state index is -1.52. The van der Waals surface area contributed by atoms with Crippen molar-refractivity contribution in [1.82, 2.24) is 10.2 Å². The smallest absolute Gasteiger partial charge is 0.293 e. The highest BCUT2D eigenvalue weighted by molar-refractivity contribution is 5.90. The van der Waals surface area contributed by atoms with E-state index in [4.69, 9.17) is 4.74 Å². The second kappa shape index (κ2) is 8.62. The molecule has 3 unspecified atom stereocenters. The minimum absolute atomic E-state index is 0.152. The summed E-state index contributed by atoms with van der Waals surface area (Å²) in [5.41, 5.74) is 1.75. The van der Waals surface area contributed by atoms with Crippen molar-refractivity contribution in [2.24, 2.45) is 0 Å². The van der Waals surface area contributed by atoms with Gasteiger partial charge >= 0.3 is 0 Å². The van der Waals surface area contributed by atoms with E-state index in [0.717, 1.165) is 24.1 Å². The number of aliphatic hydroxyl groups is 1. The summed E-state index contributed by atoms with van der Waals surface area (Å²) < 4.78 is 6.05. The first kappa shape index (κ1) is 22.2. The fourth-order valence-corrected chi connectivity index (χ4v) is 5.77. The van der Waals surface area contributed by atoms with Crippen molar-refractivity contribution in [3.05, 3.63) is 78.0 Å². The van der Waals surface area contributed by atoms with Gasteiger partial charge in [0.15, 0.2) is 24.1 Å². The largest absolute Gasteiger partial charge is 0.454 e. The molecule has 1 aromatic heterocycles. The predicted octanol–water partition coefficient (Wildman–Crippen LogP) is 2.48. The number of quaternary nitrogens is 1. The van der Waals surface area contributed by atoms with Gasteiger partial charge in [-0.2, -0.15) is 5.10 Å². The molecule has 1 saturated heterocycles. The molecule has 1 amide bonds. The Morgan fingerprint density at radius 2 is 1.85 bits per heavy atom. The third-order valence-corrected chi connectivity index (χ3v) is 7.24. The van der Waals surface area contributed by atoms with E-state index in [1.54, 1.807) is 18.3 Å². The topological polar surface area (TPSA) is 101 Å². The summed E-state index contributed by atoms with van der Waals surface area (Å²) in [6, 6.07) is 18.4. The zero-order chi connectivity index (χ0) is 23.8. The van der Waals surface area contributed by atoms with Crippen LogP contribution in [-0.4, -0.2) is 64.4 Å². The number of hydrogen-bond donors (Lipinski definition) is 2. The summed E-state index contributed by atoms with van der Waals surface area (Å²) in [6.07, 6.45) is 2.23. The van der Waals surface area contributed by atoms with Crippen molar-refractivity contribution < 1.29 is 23.9 Å². The number of fused-ring (bicyclic) bond motifs is 3. The molecule has 0 spiro atoms. The number of benzene rings is 2. The molecule has 1 aliphatic heterocycles. The van der Waals surface area contributed by atoms with Crippen molar-refractivity contribution in [1.29, 1.82) is 0 Å². The average Bonchev–Trinajstić information content (AvgIpc) is 3.34. The predicted molar refractivity (Wildman–Crippen MR) is 125 cm³/mol. The number of aromatic nitrogens is 2. The highest BCUT2D eigenvalue weighted by Gasteiger charge is 2.58. The van der Waals surface area contributed by atoms with Crippen LogP contribution in [0.2, 0.25) is 0 Å². The molecule has 2 heterocycles. The van der Waals surface area contributed by atoms with Gasteiger partial charge in [-0.15, -0.1) is 5.10 Å². The third-order valence-electron chi connectivity index (χ3n) is 7.24. The van der Waals surface area contributed by atoms with Crippen LogP contribution in [0.4, 0.5) is 5.82 Å². The molecule has 8 heteroatoms. The number of nitrogens with zero attached hydrogens (tertiary/aromatic N) is 3. The molecule has 8 nitrogen and oxygen atoms in total. The maximum Gasteiger partial charge on any atom is 0.293 e. The number of ether oxygens (including phenoxy) is 1. The lowest BCUT2D eigenvalue weighted by atomic mass is 9.81. The van der Waals surface area contributed by atoms with Gasteiger partial charge in [-0.3, -0.25) is 9.59 Å². The SMILES string of the molecule is C[N+]1(CC(=O)Nc2cccnn2)CCCC1C(OC=O)C1(O)c2ccccc2-c2ccccc21. The number of carbonyl (C=O) groups is 2. The molecule has 34 heavy (non-hydrogen) atoms. The molecule has 2 aliphatic rings. The van der Waals surface area contributed by atoms with Crippen molar-refractivity contribution in [3.8, 4) is 11.1 Å². The molecule has 3 aromatic rings. The van der Waals surface area contributed by atoms with Crippen LogP contribution in [-0.2, 0) is 19.9 Å². The number of likely N-dealkylation sites (tertiary alicyclic amines) is 1. The molecule has 2 N–H and O–H groups in total. The van der Waals surface area contributed by atoms with Gasteiger partial charge in [0.1, 0.15) is 6.04 Å². The van der Waals surface area contributed by atoms with Crippen molar-refractivity contribution >= 4 is 18.2 Å². The van der Waals surface area contributed by atoms with E-state index < -0.39 is 11.7 Å². The van der Waals surface area contributed by atoms with E-state index in [-0.39, 0.29) is 18.5 Å². The fourth-order valence-electron chi connectivity index (χ4n) is 5.77. The summed E-state index contributed by atoms with van der Waals surface area (Å²) >= 11 is 0. The standard InChI is InChI=1S/C26H26N4O4/c1-30(16-24(32)28-23-13-6-14-27-29-23)15-7-12-22(30)25(34-17-31)26(33)20-10-4-2-8-18(20)19-9-3-5-11-21(19)26/h2-6,8-11,13-14,17,22,25,33H,7,12,15-16H2,1H3/p+1. The van der Waals surface area contributed by atoms with Gasteiger partial charge in [0, 0.05) is 19.0 Å². The van der Waals surface area contributed by atoms with Crippen molar-refractivity contribution in [2.45, 2.75) is 30.6 Å². The number of hydrogen-bond acceptors (Lipinski definition) is 6. The molecular weight excluding hydrogens is 432 g/mol. The van der Waals surface area contributed by atoms with Crippen LogP contribution in [0.15, 0.2) is 66.9 Å². The molecule has 0 radical (unpaired) electrons. The maximum atomic E-state index is 12.9. The van der Waals surface area contributed by atoms with E-state index in [0.29, 0.717) is 34.3 Å². The fraction of sp³-hybridized carbons (Fsp3) is 0.308. The number of rotatable bonds is 7. The van der Waals surface area contributed by atoms with E-state index in [1.807, 2.05) is 55.6 Å². The first-order chi connectivity index (χ1) is 16.5. The van der Waals surface area contributed by atoms with Gasteiger partial charge in [0.2, 0.25) is 0 Å². The van der Waals surface area contributed by atoms with Crippen molar-refractivity contribution in [3.63, 3.8) is 0 Å². The van der Waals surface area contributed by atoms with Crippen LogP contribution in [0.3, 0.4) is 0 Å². The number of carbonyl (C=O) groups excluding carboxylic acids is 2. The minimum Gasteiger partial charge on any atom is -0.454 e. The van der Waals surface area contributed by atoms with E-state index in [9.17, 15) is 14.7 Å². The van der Waals surface area contributed by atoms with E-state index in [2.05, 4.69) is 15.5 Å². The highest BCUT2D eigenvalue weighted by atomic mass is 16.5. The Hall–Kier alpha value is -3.62. The van der Waals surface area contributed by atoms with E-state index >= 15 is 0 Å². The zero-order valence-corrected chi connectivity index (χ0v) is 18.9. The van der Waals surface area contributed by atoms with Gasteiger partial charge in [0.25, 0.3) is 12.4 Å². The van der Waals surface area contributed by atoms with Crippen LogP contribution in [0.5, 0.6) is 0 Å². The normalized spacial score (nSPS) is 22.9. The summed E-state index contributed by atoms with van der Waals surface area (Å²) in [7, 11) is 1.98. The van der Waals surface area contributed by atoms with E-state index in [1.165, 1.54) is 0 Å². The monoisotopic (exact) mass is 459 g/mol. The number of anilines is 1. The van der Waals surface area contributed by atoms with Crippen LogP contribution < -0.4 is 5.32 Å². The van der Waals surface area contributed by atoms with Crippen LogP contribution in [0.25, 0.3) is 11.1 Å². The Labute approximate surface area is 197 Å². The highest BCUT2D eigenvalue weighted by Crippen LogP contribution is 2.52. The third kappa shape index (κ3) is 3.55. The summed E-state index contributed by atoms with van der Waals surface area (Å²) in [5.74, 6) is 0.173. The van der Waals surface area contributed by atoms with Crippen LogP contribution in [0.1, 0.15) is 24.0 Å². The lowest BCUT2D eigenvalue weighted by molar-refractivity contribution is -0.917. The summed E-state index contributed by atoms with van der Waals surface area (Å²) in [4.78, 5) is 24.7. The van der Waals surface area contributed by atoms with Gasteiger partial charge in [-0.25, -0.2) is 0 Å². The number of nitrogens with one attached hydrogen (secondary N) is 1. The van der Waals surface area contributed by atoms with Crippen LogP contribution >= 0.6 is 0 Å². The molecule has 0 saturated carbocycles. The second-order valence-electron chi connectivity index (χ2n) is 9.24. The first-order valence-corrected chi connectivity index (χ1v) is 11.4. The lowest BCUT2D eigenvalue weighted by Crippen LogP contribution is -2.61. The van der Waals surface area contributed by atoms with Gasteiger partial charge in [-0.1, -0.05) is 48.5 Å². The molecule has 0 bridgehead atoms. The number of amides is 1. The molecular formula is C26H27N4O4+. The van der Waals surface area contributed by atoms with Gasteiger partial charge < -0.3 is 19.6 Å². The van der Waals surface area contributed by atoms with Crippen molar-refractivity contribution in [2.75, 3.05) is 25.5 Å².